The molecule has 0 saturated heterocycles. The molecule has 12 aromatic rings. The van der Waals surface area contributed by atoms with Gasteiger partial charge in [0, 0.05) is 16.3 Å². The van der Waals surface area contributed by atoms with Gasteiger partial charge in [-0.25, -0.2) is 9.55 Å². The molecule has 0 radical (unpaired) electrons. The van der Waals surface area contributed by atoms with Gasteiger partial charge in [0.2, 0.25) is 17.7 Å². The van der Waals surface area contributed by atoms with Crippen LogP contribution in [0.4, 0.5) is 0 Å². The van der Waals surface area contributed by atoms with Gasteiger partial charge in [0.15, 0.2) is 13.9 Å². The van der Waals surface area contributed by atoms with E-state index in [9.17, 15) is 0 Å². The number of aromatic nitrogens is 7. The van der Waals surface area contributed by atoms with Crippen molar-refractivity contribution in [3.63, 3.8) is 0 Å². The molecule has 0 spiro atoms. The van der Waals surface area contributed by atoms with Gasteiger partial charge in [0.1, 0.15) is 0 Å². The highest BCUT2D eigenvalue weighted by atomic mass is 28.3. The third kappa shape index (κ3) is 5.08. The van der Waals surface area contributed by atoms with Crippen LogP contribution in [0.2, 0.25) is 0 Å². The van der Waals surface area contributed by atoms with Crippen molar-refractivity contribution in [3.05, 3.63) is 212 Å². The van der Waals surface area contributed by atoms with Crippen LogP contribution in [-0.2, 0) is 0 Å². The summed E-state index contributed by atoms with van der Waals surface area (Å²) in [6, 6.07) is 75.4. The van der Waals surface area contributed by atoms with E-state index in [4.69, 9.17) is 19.9 Å². The van der Waals surface area contributed by atoms with E-state index in [2.05, 4.69) is 196 Å². The van der Waals surface area contributed by atoms with Gasteiger partial charge in [0.25, 0.3) is 0 Å². The number of rotatable bonds is 7. The molecule has 0 aliphatic carbocycles. The molecule has 60 heavy (non-hydrogen) atoms. The fraction of sp³-hybridized carbons (Fsp3) is 0. The zero-order valence-corrected chi connectivity index (χ0v) is 33.3. The van der Waals surface area contributed by atoms with E-state index >= 15 is 0 Å². The molecule has 0 atom stereocenters. The Hall–Kier alpha value is -7.94. The lowest BCUT2D eigenvalue weighted by atomic mass is 10.2. The highest BCUT2D eigenvalue weighted by molar-refractivity contribution is 7.20. The molecule has 12 rings (SSSR count). The van der Waals surface area contributed by atoms with Gasteiger partial charge in [-0.15, -0.1) is 0 Å². The van der Waals surface area contributed by atoms with Crippen molar-refractivity contribution >= 4 is 78.5 Å². The first-order chi connectivity index (χ1) is 29.8. The van der Waals surface area contributed by atoms with Crippen molar-refractivity contribution in [3.8, 4) is 23.3 Å². The molecule has 0 fully saturated rings. The third-order valence-corrected chi connectivity index (χ3v) is 16.7. The standard InChI is InChI=1S/C52H35N7Si/c1-5-19-36(20-6-1)49-54-50(57-44-29-15-13-27-41(44)42-28-14-16-30-45(42)57)56-51(55-49)59-47-32-18-17-31-46(47)58-48-35-40(33-34-43(48)53-52(58)59)60(37-21-7-2-8-22-37,38-23-9-3-10-24-38)39-25-11-4-12-26-39/h1-35H. The van der Waals surface area contributed by atoms with E-state index in [0.29, 0.717) is 17.7 Å². The molecular formula is C52H35N7Si. The number of nitrogens with zero attached hydrogens (tertiary/aromatic N) is 7. The quantitative estimate of drug-likeness (QED) is 0.120. The minimum Gasteiger partial charge on any atom is -0.278 e. The molecule has 4 heterocycles. The average molecular weight is 786 g/mol. The van der Waals surface area contributed by atoms with Crippen molar-refractivity contribution in [1.82, 2.24) is 33.5 Å². The van der Waals surface area contributed by atoms with E-state index in [-0.39, 0.29) is 0 Å². The molecule has 8 aromatic carbocycles. The van der Waals surface area contributed by atoms with Crippen molar-refractivity contribution in [1.29, 1.82) is 0 Å². The van der Waals surface area contributed by atoms with E-state index in [1.807, 2.05) is 30.3 Å². The lowest BCUT2D eigenvalue weighted by molar-refractivity contribution is 0.885. The molecule has 7 nitrogen and oxygen atoms in total. The maximum Gasteiger partial charge on any atom is 0.242 e. The molecule has 0 unspecified atom stereocenters. The molecule has 0 aliphatic rings. The smallest absolute Gasteiger partial charge is 0.242 e. The minimum absolute atomic E-state index is 0.490. The van der Waals surface area contributed by atoms with Crippen LogP contribution in [0.25, 0.3) is 72.9 Å². The third-order valence-electron chi connectivity index (χ3n) is 11.9. The molecule has 4 aromatic heterocycles. The Morgan fingerprint density at radius 3 is 1.37 bits per heavy atom. The van der Waals surface area contributed by atoms with Gasteiger partial charge in [0.05, 0.1) is 33.1 Å². The fourth-order valence-electron chi connectivity index (χ4n) is 9.30. The van der Waals surface area contributed by atoms with Gasteiger partial charge in [-0.3, -0.25) is 8.97 Å². The average Bonchev–Trinajstić information content (AvgIpc) is 3.97. The highest BCUT2D eigenvalue weighted by Gasteiger charge is 2.41. The number of para-hydroxylation sites is 4. The van der Waals surface area contributed by atoms with Gasteiger partial charge in [-0.05, 0) is 57.1 Å². The molecule has 0 bridgehead atoms. The summed E-state index contributed by atoms with van der Waals surface area (Å²) < 4.78 is 6.53. The second-order valence-corrected chi connectivity index (χ2v) is 18.9. The van der Waals surface area contributed by atoms with Crippen LogP contribution in [0.1, 0.15) is 0 Å². The maximum absolute atomic E-state index is 5.40. The summed E-state index contributed by atoms with van der Waals surface area (Å²) in [5.41, 5.74) is 6.83. The van der Waals surface area contributed by atoms with Crippen LogP contribution in [0.5, 0.6) is 0 Å². The number of imidazole rings is 2. The monoisotopic (exact) mass is 785 g/mol. The molecule has 0 aliphatic heterocycles. The molecule has 0 saturated carbocycles. The van der Waals surface area contributed by atoms with Gasteiger partial charge in [-0.1, -0.05) is 176 Å². The molecule has 0 amide bonds. The summed E-state index contributed by atoms with van der Waals surface area (Å²) in [5.74, 6) is 2.34. The summed E-state index contributed by atoms with van der Waals surface area (Å²) in [5, 5.41) is 7.52. The summed E-state index contributed by atoms with van der Waals surface area (Å²) in [6.07, 6.45) is 0. The Balaban J connectivity index is 1.16. The lowest BCUT2D eigenvalue weighted by Gasteiger charge is -2.34. The lowest BCUT2D eigenvalue weighted by Crippen LogP contribution is -2.74. The minimum atomic E-state index is -2.81. The van der Waals surface area contributed by atoms with Crippen LogP contribution < -0.4 is 20.7 Å². The van der Waals surface area contributed by atoms with Crippen molar-refractivity contribution < 1.29 is 0 Å². The zero-order valence-electron chi connectivity index (χ0n) is 32.3. The van der Waals surface area contributed by atoms with Crippen LogP contribution in [0.3, 0.4) is 0 Å². The first-order valence-corrected chi connectivity index (χ1v) is 22.2. The van der Waals surface area contributed by atoms with E-state index in [1.165, 1.54) is 20.7 Å². The van der Waals surface area contributed by atoms with Crippen LogP contribution >= 0.6 is 0 Å². The number of benzene rings is 8. The second-order valence-electron chi connectivity index (χ2n) is 15.1. The second kappa shape index (κ2) is 13.6. The van der Waals surface area contributed by atoms with Crippen molar-refractivity contribution in [2.45, 2.75) is 0 Å². The topological polar surface area (TPSA) is 65.8 Å². The number of hydrogen-bond donors (Lipinski definition) is 0. The van der Waals surface area contributed by atoms with Crippen molar-refractivity contribution in [2.24, 2.45) is 0 Å². The van der Waals surface area contributed by atoms with Crippen LogP contribution in [0, 0.1) is 0 Å². The summed E-state index contributed by atoms with van der Waals surface area (Å²) in [4.78, 5) is 21.2. The SMILES string of the molecule is c1ccc(-c2nc(-n3c4ccccc4c4ccccc43)nc(-n3c4ccccc4n4c5cc([Si](c6ccccc6)(c6ccccc6)c6ccccc6)ccc5nc34)n2)cc1. The number of hydrogen-bond acceptors (Lipinski definition) is 4. The Kier molecular flexibility index (Phi) is 7.73. The van der Waals surface area contributed by atoms with Gasteiger partial charge in [-0.2, -0.15) is 15.0 Å². The largest absolute Gasteiger partial charge is 0.278 e. The van der Waals surface area contributed by atoms with E-state index < -0.39 is 8.07 Å². The van der Waals surface area contributed by atoms with Crippen LogP contribution in [-0.4, -0.2) is 41.5 Å². The van der Waals surface area contributed by atoms with E-state index in [0.717, 1.165) is 55.2 Å². The summed E-state index contributed by atoms with van der Waals surface area (Å²) >= 11 is 0. The molecule has 8 heteroatoms. The highest BCUT2D eigenvalue weighted by Crippen LogP contribution is 2.33. The molecular weight excluding hydrogens is 751 g/mol. The zero-order chi connectivity index (χ0) is 39.6. The normalized spacial score (nSPS) is 12.0. The predicted molar refractivity (Wildman–Crippen MR) is 246 cm³/mol. The first-order valence-electron chi connectivity index (χ1n) is 20.2. The maximum atomic E-state index is 5.40. The molecule has 282 valence electrons. The fourth-order valence-corrected chi connectivity index (χ4v) is 14.1. The Morgan fingerprint density at radius 1 is 0.333 bits per heavy atom. The Morgan fingerprint density at radius 2 is 0.800 bits per heavy atom. The first kappa shape index (κ1) is 34.1. The molecule has 0 N–H and O–H groups in total. The Bertz CT molecular complexity index is 3390. The van der Waals surface area contributed by atoms with E-state index in [1.54, 1.807) is 0 Å². The number of fused-ring (bicyclic) bond motifs is 8. The predicted octanol–water partition coefficient (Wildman–Crippen LogP) is 8.76. The van der Waals surface area contributed by atoms with Gasteiger partial charge >= 0.3 is 0 Å². The van der Waals surface area contributed by atoms with Crippen molar-refractivity contribution in [2.75, 3.05) is 0 Å². The summed E-state index contributed by atoms with van der Waals surface area (Å²) in [7, 11) is -2.81. The summed E-state index contributed by atoms with van der Waals surface area (Å²) in [6.45, 7) is 0. The Labute approximate surface area is 346 Å². The van der Waals surface area contributed by atoms with Crippen LogP contribution in [0.15, 0.2) is 212 Å². The van der Waals surface area contributed by atoms with Gasteiger partial charge < -0.3 is 0 Å².